The predicted octanol–water partition coefficient (Wildman–Crippen LogP) is 8.14. The van der Waals surface area contributed by atoms with Crippen LogP contribution in [0, 0.1) is 49.4 Å². The number of anilines is 2. The molecule has 6 heteroatoms. The first-order chi connectivity index (χ1) is 24.7. The molecule has 0 spiro atoms. The van der Waals surface area contributed by atoms with Crippen LogP contribution in [0.2, 0.25) is 0 Å². The molecule has 6 N–H and O–H groups in total. The average molecular weight is 661 g/mol. The van der Waals surface area contributed by atoms with Gasteiger partial charge in [0.15, 0.2) is 0 Å². The molecule has 242 valence electrons. The standard InChI is InChI=1S/C45H28N2O4/c1-5-27-9-21-37-38-22-10-28(6-2)36(8-4)44(38)45(43(37)35(27)7-3,29-11-15-31(16-12-29)50-33-19-23-39(46)41(48)25-33)30-13-17-32(18-14-30)51-34-20-24-40(47)42(49)26-34/h1-4,9-26,48-49H,46-47H2. The zero-order valence-electron chi connectivity index (χ0n) is 27.1. The van der Waals surface area contributed by atoms with Gasteiger partial charge < -0.3 is 31.2 Å². The van der Waals surface area contributed by atoms with Crippen molar-refractivity contribution in [1.82, 2.24) is 0 Å². The monoisotopic (exact) mass is 660 g/mol. The molecule has 0 fully saturated rings. The molecule has 0 unspecified atom stereocenters. The van der Waals surface area contributed by atoms with E-state index in [1.54, 1.807) is 24.3 Å². The Balaban J connectivity index is 1.49. The fraction of sp³-hybridized carbons (Fsp3) is 0.0222. The molecule has 0 amide bonds. The second-order valence-corrected chi connectivity index (χ2v) is 11.8. The van der Waals surface area contributed by atoms with Crippen LogP contribution in [-0.4, -0.2) is 10.2 Å². The fourth-order valence-corrected chi connectivity index (χ4v) is 6.83. The summed E-state index contributed by atoms with van der Waals surface area (Å²) >= 11 is 0. The highest BCUT2D eigenvalue weighted by atomic mass is 16.5. The van der Waals surface area contributed by atoms with E-state index in [1.807, 2.05) is 72.8 Å². The summed E-state index contributed by atoms with van der Waals surface area (Å²) in [6, 6.07) is 32.1. The molecule has 51 heavy (non-hydrogen) atoms. The summed E-state index contributed by atoms with van der Waals surface area (Å²) in [4.78, 5) is 0. The van der Waals surface area contributed by atoms with Gasteiger partial charge in [-0.25, -0.2) is 0 Å². The number of nitrogens with two attached hydrogens (primary N) is 2. The number of hydrogen-bond donors (Lipinski definition) is 4. The lowest BCUT2D eigenvalue weighted by molar-refractivity contribution is 0.456. The fourth-order valence-electron chi connectivity index (χ4n) is 6.83. The highest BCUT2D eigenvalue weighted by Crippen LogP contribution is 2.59. The van der Waals surface area contributed by atoms with Gasteiger partial charge in [0.1, 0.15) is 34.5 Å². The molecule has 0 saturated carbocycles. The highest BCUT2D eigenvalue weighted by Gasteiger charge is 2.49. The number of ether oxygens (including phenoxy) is 2. The van der Waals surface area contributed by atoms with Crippen LogP contribution >= 0.6 is 0 Å². The van der Waals surface area contributed by atoms with E-state index in [2.05, 4.69) is 23.7 Å². The topological polar surface area (TPSA) is 111 Å². The first-order valence-corrected chi connectivity index (χ1v) is 15.7. The van der Waals surface area contributed by atoms with Gasteiger partial charge >= 0.3 is 0 Å². The number of fused-ring (bicyclic) bond motifs is 3. The minimum absolute atomic E-state index is 0.0832. The summed E-state index contributed by atoms with van der Waals surface area (Å²) in [5, 5.41) is 20.3. The van der Waals surface area contributed by atoms with Crippen molar-refractivity contribution in [3.8, 4) is 95.0 Å². The Hall–Kier alpha value is -7.64. The molecule has 6 aromatic carbocycles. The van der Waals surface area contributed by atoms with Crippen LogP contribution in [0.1, 0.15) is 44.5 Å². The van der Waals surface area contributed by atoms with Crippen LogP contribution in [0.15, 0.2) is 109 Å². The Morgan fingerprint density at radius 2 is 0.843 bits per heavy atom. The third-order valence-corrected chi connectivity index (χ3v) is 9.10. The van der Waals surface area contributed by atoms with Gasteiger partial charge in [-0.05, 0) is 94.0 Å². The van der Waals surface area contributed by atoms with Crippen LogP contribution in [-0.2, 0) is 5.41 Å². The number of terminal acetylenes is 4. The van der Waals surface area contributed by atoms with Gasteiger partial charge in [-0.2, -0.15) is 0 Å². The maximum absolute atomic E-state index is 10.1. The van der Waals surface area contributed by atoms with Crippen molar-refractivity contribution in [3.05, 3.63) is 154 Å². The van der Waals surface area contributed by atoms with Crippen molar-refractivity contribution in [1.29, 1.82) is 0 Å². The first-order valence-electron chi connectivity index (χ1n) is 15.7. The number of phenolic OH excluding ortho intramolecular Hbond substituents is 2. The third kappa shape index (κ3) is 5.10. The molecule has 6 aromatic rings. The Kier molecular flexibility index (Phi) is 7.78. The highest BCUT2D eigenvalue weighted by molar-refractivity contribution is 5.92. The summed E-state index contributed by atoms with van der Waals surface area (Å²) in [6.07, 6.45) is 24.6. The van der Waals surface area contributed by atoms with Crippen LogP contribution in [0.3, 0.4) is 0 Å². The van der Waals surface area contributed by atoms with Gasteiger partial charge in [0.05, 0.1) is 16.8 Å². The Labute approximate surface area is 295 Å². The summed E-state index contributed by atoms with van der Waals surface area (Å²) < 4.78 is 12.2. The smallest absolute Gasteiger partial charge is 0.142 e. The minimum Gasteiger partial charge on any atom is -0.506 e. The van der Waals surface area contributed by atoms with Crippen molar-refractivity contribution in [2.24, 2.45) is 0 Å². The maximum atomic E-state index is 10.1. The van der Waals surface area contributed by atoms with Crippen molar-refractivity contribution >= 4 is 11.4 Å². The number of rotatable bonds is 6. The predicted molar refractivity (Wildman–Crippen MR) is 201 cm³/mol. The molecule has 7 rings (SSSR count). The normalized spacial score (nSPS) is 11.9. The quantitative estimate of drug-likeness (QED) is 0.0815. The Bertz CT molecular complexity index is 2380. The largest absolute Gasteiger partial charge is 0.506 e. The van der Waals surface area contributed by atoms with E-state index in [0.717, 1.165) is 33.4 Å². The van der Waals surface area contributed by atoms with Crippen LogP contribution in [0.4, 0.5) is 11.4 Å². The lowest BCUT2D eigenvalue weighted by atomic mass is 9.65. The number of phenols is 2. The molecule has 0 bridgehead atoms. The lowest BCUT2D eigenvalue weighted by Crippen LogP contribution is -2.31. The van der Waals surface area contributed by atoms with E-state index in [0.29, 0.717) is 45.3 Å². The molecule has 0 saturated heterocycles. The van der Waals surface area contributed by atoms with Gasteiger partial charge in [0.25, 0.3) is 0 Å². The number of hydrogen-bond acceptors (Lipinski definition) is 6. The summed E-state index contributed by atoms with van der Waals surface area (Å²) in [6.45, 7) is 0. The van der Waals surface area contributed by atoms with Crippen molar-refractivity contribution in [3.63, 3.8) is 0 Å². The number of nitrogen functional groups attached to an aromatic ring is 2. The van der Waals surface area contributed by atoms with Gasteiger partial charge in [-0.1, -0.05) is 60.1 Å². The van der Waals surface area contributed by atoms with Gasteiger partial charge in [-0.15, -0.1) is 25.7 Å². The summed E-state index contributed by atoms with van der Waals surface area (Å²) in [7, 11) is 0. The number of benzene rings is 6. The van der Waals surface area contributed by atoms with Crippen LogP contribution < -0.4 is 20.9 Å². The molecule has 0 atom stereocenters. The first kappa shape index (κ1) is 31.9. The molecular formula is C45H28N2O4. The minimum atomic E-state index is -1.11. The van der Waals surface area contributed by atoms with E-state index in [4.69, 9.17) is 46.6 Å². The Morgan fingerprint density at radius 3 is 1.18 bits per heavy atom. The zero-order valence-corrected chi connectivity index (χ0v) is 27.1. The van der Waals surface area contributed by atoms with Gasteiger partial charge in [-0.3, -0.25) is 0 Å². The van der Waals surface area contributed by atoms with Crippen molar-refractivity contribution in [2.75, 3.05) is 11.5 Å². The summed E-state index contributed by atoms with van der Waals surface area (Å²) in [5.74, 6) is 13.0. The molecule has 1 aliphatic rings. The van der Waals surface area contributed by atoms with Crippen molar-refractivity contribution in [2.45, 2.75) is 5.41 Å². The van der Waals surface area contributed by atoms with E-state index in [-0.39, 0.29) is 22.9 Å². The van der Waals surface area contributed by atoms with Gasteiger partial charge in [0, 0.05) is 34.4 Å². The SMILES string of the molecule is C#Cc1ccc2c(c1C#C)C(c1ccc(Oc3ccc(N)c(O)c3)cc1)(c1ccc(Oc3ccc(N)c(O)c3)cc1)c1c-2ccc(C#C)c1C#C. The third-order valence-electron chi connectivity index (χ3n) is 9.10. The molecule has 6 nitrogen and oxygen atoms in total. The zero-order chi connectivity index (χ0) is 35.9. The molecule has 0 aromatic heterocycles. The molecule has 0 aliphatic heterocycles. The maximum Gasteiger partial charge on any atom is 0.142 e. The molecular weight excluding hydrogens is 633 g/mol. The summed E-state index contributed by atoms with van der Waals surface area (Å²) in [5.41, 5.74) is 18.1. The van der Waals surface area contributed by atoms with Crippen LogP contribution in [0.25, 0.3) is 11.1 Å². The van der Waals surface area contributed by atoms with E-state index < -0.39 is 5.41 Å². The second kappa shape index (κ2) is 12.4. The molecule has 0 radical (unpaired) electrons. The number of aromatic hydroxyl groups is 2. The van der Waals surface area contributed by atoms with Crippen LogP contribution in [0.5, 0.6) is 34.5 Å². The second-order valence-electron chi connectivity index (χ2n) is 11.8. The van der Waals surface area contributed by atoms with E-state index in [1.165, 1.54) is 12.1 Å². The van der Waals surface area contributed by atoms with Crippen molar-refractivity contribution < 1.29 is 19.7 Å². The Morgan fingerprint density at radius 1 is 0.471 bits per heavy atom. The molecule has 0 heterocycles. The van der Waals surface area contributed by atoms with Gasteiger partial charge in [0.2, 0.25) is 0 Å². The van der Waals surface area contributed by atoms with E-state index in [9.17, 15) is 10.2 Å². The van der Waals surface area contributed by atoms with E-state index >= 15 is 0 Å². The lowest BCUT2D eigenvalue weighted by Gasteiger charge is -2.36. The molecule has 1 aliphatic carbocycles. The average Bonchev–Trinajstić information content (AvgIpc) is 3.45.